The third-order valence-corrected chi connectivity index (χ3v) is 2.35. The van der Waals surface area contributed by atoms with Crippen LogP contribution in [0.25, 0.3) is 0 Å². The molecule has 0 N–H and O–H groups in total. The molecule has 5 nitrogen and oxygen atoms in total. The minimum atomic E-state index is -0.679. The van der Waals surface area contributed by atoms with Crippen LogP contribution >= 0.6 is 0 Å². The molecule has 14 heavy (non-hydrogen) atoms. The summed E-state index contributed by atoms with van der Waals surface area (Å²) >= 11 is 0. The van der Waals surface area contributed by atoms with E-state index in [9.17, 15) is 4.79 Å². The van der Waals surface area contributed by atoms with E-state index in [1.54, 1.807) is 4.90 Å². The zero-order valence-electron chi connectivity index (χ0n) is 8.11. The van der Waals surface area contributed by atoms with Crippen LogP contribution in [0.5, 0.6) is 0 Å². The Kier molecular flexibility index (Phi) is 3.34. The Labute approximate surface area is 82.9 Å². The molecule has 0 saturated carbocycles. The van der Waals surface area contributed by atoms with Gasteiger partial charge in [-0.15, -0.1) is 0 Å². The van der Waals surface area contributed by atoms with Gasteiger partial charge in [-0.25, -0.2) is 0 Å². The number of ether oxygens (including phenoxy) is 3. The van der Waals surface area contributed by atoms with Gasteiger partial charge in [-0.3, -0.25) is 4.79 Å². The Morgan fingerprint density at radius 2 is 1.71 bits per heavy atom. The van der Waals surface area contributed by atoms with Crippen LogP contribution in [0.15, 0.2) is 0 Å². The van der Waals surface area contributed by atoms with Crippen LogP contribution in [0.4, 0.5) is 0 Å². The van der Waals surface area contributed by atoms with Gasteiger partial charge in [0.15, 0.2) is 0 Å². The van der Waals surface area contributed by atoms with Gasteiger partial charge in [0.05, 0.1) is 26.4 Å². The van der Waals surface area contributed by atoms with Crippen molar-refractivity contribution in [3.8, 4) is 0 Å². The largest absolute Gasteiger partial charge is 0.378 e. The number of hydrogen-bond acceptors (Lipinski definition) is 4. The topological polar surface area (TPSA) is 48.0 Å². The van der Waals surface area contributed by atoms with Crippen molar-refractivity contribution in [2.45, 2.75) is 12.7 Å². The van der Waals surface area contributed by atoms with Crippen LogP contribution < -0.4 is 0 Å². The summed E-state index contributed by atoms with van der Waals surface area (Å²) in [6.45, 7) is 3.72. The van der Waals surface area contributed by atoms with E-state index in [0.29, 0.717) is 39.5 Å². The maximum Gasteiger partial charge on any atom is 0.279 e. The van der Waals surface area contributed by atoms with Crippen LogP contribution in [-0.4, -0.2) is 56.6 Å². The molecule has 0 radical (unpaired) electrons. The number of morpholine rings is 1. The molecule has 5 heteroatoms. The highest BCUT2D eigenvalue weighted by atomic mass is 16.7. The molecule has 1 amide bonds. The van der Waals surface area contributed by atoms with Crippen molar-refractivity contribution in [3.05, 3.63) is 0 Å². The lowest BCUT2D eigenvalue weighted by atomic mass is 10.3. The second-order valence-electron chi connectivity index (χ2n) is 3.36. The molecule has 0 bridgehead atoms. The standard InChI is InChI=1S/C9H15NO4/c11-8(9-13-4-1-5-14-9)10-2-6-12-7-3-10/h9H,1-7H2. The van der Waals surface area contributed by atoms with Crippen molar-refractivity contribution in [1.82, 2.24) is 4.90 Å². The average Bonchev–Trinajstić information content (AvgIpc) is 2.30. The molecule has 2 aliphatic rings. The monoisotopic (exact) mass is 201 g/mol. The van der Waals surface area contributed by atoms with Crippen molar-refractivity contribution in [2.24, 2.45) is 0 Å². The molecule has 0 spiro atoms. The molecular weight excluding hydrogens is 186 g/mol. The van der Waals surface area contributed by atoms with Crippen LogP contribution in [0.3, 0.4) is 0 Å². The van der Waals surface area contributed by atoms with Gasteiger partial charge in [0.2, 0.25) is 6.29 Å². The molecule has 2 saturated heterocycles. The van der Waals surface area contributed by atoms with Crippen LogP contribution in [0.1, 0.15) is 6.42 Å². The molecule has 2 fully saturated rings. The summed E-state index contributed by atoms with van der Waals surface area (Å²) in [6.07, 6.45) is 0.189. The predicted octanol–water partition coefficient (Wildman–Crippen LogP) is -0.392. The zero-order chi connectivity index (χ0) is 9.80. The molecule has 2 aliphatic heterocycles. The van der Waals surface area contributed by atoms with E-state index in [1.165, 1.54) is 0 Å². The van der Waals surface area contributed by atoms with Crippen LogP contribution in [0, 0.1) is 0 Å². The van der Waals surface area contributed by atoms with Crippen molar-refractivity contribution < 1.29 is 19.0 Å². The minimum absolute atomic E-state index is 0.0620. The first kappa shape index (κ1) is 9.89. The van der Waals surface area contributed by atoms with E-state index >= 15 is 0 Å². The number of carbonyl (C=O) groups excluding carboxylic acids is 1. The quantitative estimate of drug-likeness (QED) is 0.579. The first-order valence-corrected chi connectivity index (χ1v) is 4.97. The summed E-state index contributed by atoms with van der Waals surface area (Å²) in [4.78, 5) is 13.5. The summed E-state index contributed by atoms with van der Waals surface area (Å²) < 4.78 is 15.6. The van der Waals surface area contributed by atoms with Crippen molar-refractivity contribution in [1.29, 1.82) is 0 Å². The summed E-state index contributed by atoms with van der Waals surface area (Å²) in [6, 6.07) is 0. The highest BCUT2D eigenvalue weighted by molar-refractivity contribution is 5.79. The number of amides is 1. The molecule has 80 valence electrons. The summed E-state index contributed by atoms with van der Waals surface area (Å²) in [5, 5.41) is 0. The Morgan fingerprint density at radius 3 is 2.36 bits per heavy atom. The van der Waals surface area contributed by atoms with E-state index in [1.807, 2.05) is 0 Å². The number of carbonyl (C=O) groups is 1. The lowest BCUT2D eigenvalue weighted by molar-refractivity contribution is -0.201. The highest BCUT2D eigenvalue weighted by Gasteiger charge is 2.28. The van der Waals surface area contributed by atoms with Gasteiger partial charge >= 0.3 is 0 Å². The fraction of sp³-hybridized carbons (Fsp3) is 0.889. The van der Waals surface area contributed by atoms with E-state index in [2.05, 4.69) is 0 Å². The number of hydrogen-bond donors (Lipinski definition) is 0. The molecule has 2 heterocycles. The van der Waals surface area contributed by atoms with Gasteiger partial charge in [0.1, 0.15) is 0 Å². The fourth-order valence-electron chi connectivity index (χ4n) is 1.56. The maximum atomic E-state index is 11.8. The third kappa shape index (κ3) is 2.23. The zero-order valence-corrected chi connectivity index (χ0v) is 8.11. The van der Waals surface area contributed by atoms with E-state index in [-0.39, 0.29) is 5.91 Å². The summed E-state index contributed by atoms with van der Waals surface area (Å²) in [7, 11) is 0. The Balaban J connectivity index is 1.85. The first-order valence-electron chi connectivity index (χ1n) is 4.97. The lowest BCUT2D eigenvalue weighted by Gasteiger charge is -2.31. The van der Waals surface area contributed by atoms with E-state index in [0.717, 1.165) is 6.42 Å². The molecular formula is C9H15NO4. The summed E-state index contributed by atoms with van der Waals surface area (Å²) in [5.74, 6) is -0.0620. The van der Waals surface area contributed by atoms with Crippen LogP contribution in [-0.2, 0) is 19.0 Å². The SMILES string of the molecule is O=C(C1OCCCO1)N1CCOCC1. The van der Waals surface area contributed by atoms with Gasteiger partial charge < -0.3 is 19.1 Å². The predicted molar refractivity (Wildman–Crippen MR) is 47.7 cm³/mol. The second kappa shape index (κ2) is 4.72. The first-order chi connectivity index (χ1) is 6.88. The fourth-order valence-corrected chi connectivity index (χ4v) is 1.56. The Bertz CT molecular complexity index is 177. The highest BCUT2D eigenvalue weighted by Crippen LogP contribution is 2.09. The van der Waals surface area contributed by atoms with Gasteiger partial charge in [-0.05, 0) is 6.42 Å². The van der Waals surface area contributed by atoms with Crippen molar-refractivity contribution in [3.63, 3.8) is 0 Å². The van der Waals surface area contributed by atoms with Crippen molar-refractivity contribution in [2.75, 3.05) is 39.5 Å². The second-order valence-corrected chi connectivity index (χ2v) is 3.36. The molecule has 0 atom stereocenters. The minimum Gasteiger partial charge on any atom is -0.378 e. The third-order valence-electron chi connectivity index (χ3n) is 2.35. The molecule has 2 rings (SSSR count). The molecule has 0 unspecified atom stereocenters. The van der Waals surface area contributed by atoms with Gasteiger partial charge in [0.25, 0.3) is 5.91 Å². The van der Waals surface area contributed by atoms with Gasteiger partial charge in [-0.1, -0.05) is 0 Å². The van der Waals surface area contributed by atoms with E-state index < -0.39 is 6.29 Å². The molecule has 0 aliphatic carbocycles. The van der Waals surface area contributed by atoms with Crippen molar-refractivity contribution >= 4 is 5.91 Å². The molecule has 0 aromatic carbocycles. The summed E-state index contributed by atoms with van der Waals surface area (Å²) in [5.41, 5.74) is 0. The number of nitrogens with zero attached hydrogens (tertiary/aromatic N) is 1. The van der Waals surface area contributed by atoms with Crippen LogP contribution in [0.2, 0.25) is 0 Å². The molecule has 0 aromatic heterocycles. The van der Waals surface area contributed by atoms with Gasteiger partial charge in [-0.2, -0.15) is 0 Å². The lowest BCUT2D eigenvalue weighted by Crippen LogP contribution is -2.48. The smallest absolute Gasteiger partial charge is 0.279 e. The normalized spacial score (nSPS) is 25.0. The number of rotatable bonds is 1. The average molecular weight is 201 g/mol. The Hall–Kier alpha value is -0.650. The molecule has 0 aromatic rings. The van der Waals surface area contributed by atoms with E-state index in [4.69, 9.17) is 14.2 Å². The maximum absolute atomic E-state index is 11.8. The Morgan fingerprint density at radius 1 is 1.07 bits per heavy atom. The van der Waals surface area contributed by atoms with Gasteiger partial charge in [0, 0.05) is 13.1 Å².